The number of ether oxygens (including phenoxy) is 1. The highest BCUT2D eigenvalue weighted by molar-refractivity contribution is 7.80. The molecule has 9 heteroatoms. The number of anilines is 1. The number of thiophene rings is 1. The molecule has 0 saturated carbocycles. The molecule has 1 aromatic heterocycles. The summed E-state index contributed by atoms with van der Waals surface area (Å²) in [7, 11) is 0. The highest BCUT2D eigenvalue weighted by Gasteiger charge is 2.28. The van der Waals surface area contributed by atoms with E-state index in [9.17, 15) is 10.1 Å². The second-order valence-corrected chi connectivity index (χ2v) is 7.69. The lowest BCUT2D eigenvalue weighted by molar-refractivity contribution is -0.384. The predicted molar refractivity (Wildman–Crippen MR) is 111 cm³/mol. The second kappa shape index (κ2) is 9.23. The van der Waals surface area contributed by atoms with E-state index in [1.54, 1.807) is 23.5 Å². The third-order valence-corrected chi connectivity index (χ3v) is 5.60. The number of rotatable bonds is 6. The molecule has 1 saturated heterocycles. The van der Waals surface area contributed by atoms with E-state index >= 15 is 0 Å². The van der Waals surface area contributed by atoms with Crippen molar-refractivity contribution in [1.29, 1.82) is 0 Å². The number of nitrogens with one attached hydrogen (secondary N) is 2. The van der Waals surface area contributed by atoms with E-state index in [0.29, 0.717) is 10.8 Å². The molecule has 2 atom stereocenters. The summed E-state index contributed by atoms with van der Waals surface area (Å²) in [5.41, 5.74) is 0.766. The van der Waals surface area contributed by atoms with Gasteiger partial charge in [0, 0.05) is 41.8 Å². The van der Waals surface area contributed by atoms with Crippen LogP contribution in [0.3, 0.4) is 0 Å². The molecule has 0 spiro atoms. The lowest BCUT2D eigenvalue weighted by atomic mass is 10.1. The molecule has 1 aromatic carbocycles. The van der Waals surface area contributed by atoms with Crippen LogP contribution in [0.25, 0.3) is 0 Å². The van der Waals surface area contributed by atoms with Crippen molar-refractivity contribution >= 4 is 40.0 Å². The first-order chi connectivity index (χ1) is 13.0. The van der Waals surface area contributed by atoms with Gasteiger partial charge in [0.15, 0.2) is 5.11 Å². The zero-order chi connectivity index (χ0) is 19.2. The Hall–Kier alpha value is -2.07. The van der Waals surface area contributed by atoms with Gasteiger partial charge in [-0.3, -0.25) is 15.0 Å². The second-order valence-electron chi connectivity index (χ2n) is 6.30. The Labute approximate surface area is 167 Å². The number of thiocarbonyl (C=S) groups is 1. The fourth-order valence-corrected chi connectivity index (χ4v) is 4.44. The molecule has 144 valence electrons. The predicted octanol–water partition coefficient (Wildman–Crippen LogP) is 3.40. The van der Waals surface area contributed by atoms with Crippen LogP contribution >= 0.6 is 23.6 Å². The van der Waals surface area contributed by atoms with Crippen molar-refractivity contribution in [1.82, 2.24) is 10.2 Å². The lowest BCUT2D eigenvalue weighted by Gasteiger charge is -2.38. The molecule has 7 nitrogen and oxygen atoms in total. The van der Waals surface area contributed by atoms with E-state index in [1.807, 2.05) is 0 Å². The molecule has 2 aromatic rings. The minimum Gasteiger partial charge on any atom is -0.379 e. The lowest BCUT2D eigenvalue weighted by Crippen LogP contribution is -2.49. The van der Waals surface area contributed by atoms with E-state index in [4.69, 9.17) is 17.0 Å². The van der Waals surface area contributed by atoms with Crippen LogP contribution in [0.5, 0.6) is 0 Å². The third kappa shape index (κ3) is 5.23. The monoisotopic (exact) mass is 406 g/mol. The average Bonchev–Trinajstić information content (AvgIpc) is 3.17. The number of nitro benzene ring substituents is 1. The highest BCUT2D eigenvalue weighted by Crippen LogP contribution is 2.29. The molecular formula is C18H22N4O3S2. The first kappa shape index (κ1) is 19.7. The quantitative estimate of drug-likeness (QED) is 0.432. The number of benzene rings is 1. The van der Waals surface area contributed by atoms with Crippen molar-refractivity contribution in [3.8, 4) is 0 Å². The molecular weight excluding hydrogens is 384 g/mol. The van der Waals surface area contributed by atoms with E-state index in [2.05, 4.69) is 40.0 Å². The summed E-state index contributed by atoms with van der Waals surface area (Å²) < 4.78 is 5.49. The summed E-state index contributed by atoms with van der Waals surface area (Å²) in [6, 6.07) is 10.7. The summed E-state index contributed by atoms with van der Waals surface area (Å²) in [5.74, 6) is 0. The van der Waals surface area contributed by atoms with Gasteiger partial charge >= 0.3 is 0 Å². The third-order valence-electron chi connectivity index (χ3n) is 4.44. The zero-order valence-electron chi connectivity index (χ0n) is 15.0. The fraction of sp³-hybridized carbons (Fsp3) is 0.389. The maximum absolute atomic E-state index is 10.8. The molecule has 1 aliphatic rings. The van der Waals surface area contributed by atoms with Crippen LogP contribution in [0, 0.1) is 10.1 Å². The van der Waals surface area contributed by atoms with E-state index in [1.165, 1.54) is 17.0 Å². The maximum atomic E-state index is 10.8. The highest BCUT2D eigenvalue weighted by atomic mass is 32.1. The van der Waals surface area contributed by atoms with Crippen LogP contribution in [0.2, 0.25) is 0 Å². The Kier molecular flexibility index (Phi) is 6.73. The summed E-state index contributed by atoms with van der Waals surface area (Å²) in [6.45, 7) is 5.36. The van der Waals surface area contributed by atoms with Gasteiger partial charge in [0.1, 0.15) is 0 Å². The Morgan fingerprint density at radius 3 is 2.59 bits per heavy atom. The van der Waals surface area contributed by atoms with E-state index in [0.717, 1.165) is 26.3 Å². The van der Waals surface area contributed by atoms with Gasteiger partial charge in [-0.05, 0) is 42.7 Å². The van der Waals surface area contributed by atoms with E-state index in [-0.39, 0.29) is 17.8 Å². The summed E-state index contributed by atoms with van der Waals surface area (Å²) in [6.07, 6.45) is 0. The van der Waals surface area contributed by atoms with Crippen molar-refractivity contribution in [2.24, 2.45) is 0 Å². The SMILES string of the molecule is C[C@@H](NC(=S)Nc1ccc([N+](=O)[O-])cc1)[C@H](c1cccs1)N1CCOCC1. The smallest absolute Gasteiger partial charge is 0.269 e. The van der Waals surface area contributed by atoms with Gasteiger partial charge in [0.25, 0.3) is 5.69 Å². The number of nitrogens with zero attached hydrogens (tertiary/aromatic N) is 2. The minimum atomic E-state index is -0.420. The molecule has 27 heavy (non-hydrogen) atoms. The van der Waals surface area contributed by atoms with Gasteiger partial charge in [0.05, 0.1) is 24.2 Å². The van der Waals surface area contributed by atoms with Crippen molar-refractivity contribution in [3.63, 3.8) is 0 Å². The van der Waals surface area contributed by atoms with Crippen LogP contribution in [-0.2, 0) is 4.74 Å². The molecule has 2 heterocycles. The fourth-order valence-electron chi connectivity index (χ4n) is 3.18. The minimum absolute atomic E-state index is 0.0536. The van der Waals surface area contributed by atoms with Crippen molar-refractivity contribution in [2.45, 2.75) is 19.0 Å². The molecule has 0 aliphatic carbocycles. The molecule has 1 aliphatic heterocycles. The largest absolute Gasteiger partial charge is 0.379 e. The number of morpholine rings is 1. The Bertz CT molecular complexity index is 761. The van der Waals surface area contributed by atoms with Crippen LogP contribution in [-0.4, -0.2) is 47.3 Å². The van der Waals surface area contributed by atoms with Gasteiger partial charge in [-0.25, -0.2) is 0 Å². The van der Waals surface area contributed by atoms with Gasteiger partial charge in [-0.15, -0.1) is 11.3 Å². The van der Waals surface area contributed by atoms with Gasteiger partial charge < -0.3 is 15.4 Å². The number of nitro groups is 1. The van der Waals surface area contributed by atoms with Crippen molar-refractivity contribution < 1.29 is 9.66 Å². The Balaban J connectivity index is 1.64. The molecule has 1 fully saturated rings. The number of hydrogen-bond acceptors (Lipinski definition) is 6. The number of hydrogen-bond donors (Lipinski definition) is 2. The van der Waals surface area contributed by atoms with Gasteiger partial charge in [-0.1, -0.05) is 6.07 Å². The van der Waals surface area contributed by atoms with E-state index < -0.39 is 4.92 Å². The summed E-state index contributed by atoms with van der Waals surface area (Å²) >= 11 is 7.19. The molecule has 0 bridgehead atoms. The van der Waals surface area contributed by atoms with Gasteiger partial charge in [0.2, 0.25) is 0 Å². The Morgan fingerprint density at radius 2 is 2.00 bits per heavy atom. The molecule has 0 unspecified atom stereocenters. The van der Waals surface area contributed by atoms with Crippen molar-refractivity contribution in [2.75, 3.05) is 31.6 Å². The standard InChI is InChI=1S/C18H22N4O3S2/c1-13(17(16-3-2-12-27-16)21-8-10-25-11-9-21)19-18(26)20-14-4-6-15(7-5-14)22(23)24/h2-7,12-13,17H,8-11H2,1H3,(H2,19,20,26)/t13-,17-/m1/s1. The first-order valence-electron chi connectivity index (χ1n) is 8.72. The molecule has 2 N–H and O–H groups in total. The van der Waals surface area contributed by atoms with Crippen molar-refractivity contribution in [3.05, 3.63) is 56.8 Å². The normalized spacial score (nSPS) is 17.1. The first-order valence-corrected chi connectivity index (χ1v) is 10.0. The van der Waals surface area contributed by atoms with Crippen LogP contribution in [0.1, 0.15) is 17.8 Å². The number of non-ortho nitro benzene ring substituents is 1. The molecule has 0 amide bonds. The summed E-state index contributed by atoms with van der Waals surface area (Å²) in [5, 5.41) is 19.8. The van der Waals surface area contributed by atoms with Crippen LogP contribution in [0.15, 0.2) is 41.8 Å². The topological polar surface area (TPSA) is 79.7 Å². The zero-order valence-corrected chi connectivity index (χ0v) is 16.6. The Morgan fingerprint density at radius 1 is 1.30 bits per heavy atom. The van der Waals surface area contributed by atoms with Crippen LogP contribution < -0.4 is 10.6 Å². The van der Waals surface area contributed by atoms with Gasteiger partial charge in [-0.2, -0.15) is 0 Å². The maximum Gasteiger partial charge on any atom is 0.269 e. The molecule has 3 rings (SSSR count). The molecule has 0 radical (unpaired) electrons. The summed E-state index contributed by atoms with van der Waals surface area (Å²) in [4.78, 5) is 14.0. The average molecular weight is 407 g/mol. The van der Waals surface area contributed by atoms with Crippen LogP contribution in [0.4, 0.5) is 11.4 Å².